The molecule has 0 bridgehead atoms. The maximum absolute atomic E-state index is 5.11. The molecule has 0 aliphatic carbocycles. The van der Waals surface area contributed by atoms with E-state index in [4.69, 9.17) is 9.97 Å². The molecule has 0 saturated heterocycles. The monoisotopic (exact) mass is 577 g/mol. The van der Waals surface area contributed by atoms with Gasteiger partial charge in [0.25, 0.3) is 0 Å². The third kappa shape index (κ3) is 3.49. The van der Waals surface area contributed by atoms with Crippen molar-refractivity contribution in [2.24, 2.45) is 0 Å². The van der Waals surface area contributed by atoms with Crippen LogP contribution in [-0.2, 0) is 0 Å². The summed E-state index contributed by atoms with van der Waals surface area (Å²) in [5, 5.41) is 8.12. The molecule has 44 heavy (non-hydrogen) atoms. The average molecular weight is 578 g/mol. The summed E-state index contributed by atoms with van der Waals surface area (Å²) in [6, 6.07) is 57.3. The van der Waals surface area contributed by atoms with Crippen LogP contribution in [0, 0.1) is 0 Å². The van der Waals surface area contributed by atoms with Gasteiger partial charge in [0, 0.05) is 22.5 Å². The highest BCUT2D eigenvalue weighted by Crippen LogP contribution is 2.37. The molecular weight excluding hydrogens is 551 g/mol. The fourth-order valence-corrected chi connectivity index (χ4v) is 12.5. The summed E-state index contributed by atoms with van der Waals surface area (Å²) in [6.07, 6.45) is 1.87. The van der Waals surface area contributed by atoms with E-state index in [1.165, 1.54) is 42.6 Å². The van der Waals surface area contributed by atoms with Crippen molar-refractivity contribution < 1.29 is 0 Å². The smallest absolute Gasteiger partial charge is 0.235 e. The fourth-order valence-electron chi connectivity index (χ4n) is 7.34. The predicted octanol–water partition coefficient (Wildman–Crippen LogP) is 6.60. The van der Waals surface area contributed by atoms with Gasteiger partial charge >= 0.3 is 0 Å². The second kappa shape index (κ2) is 9.73. The maximum atomic E-state index is 5.11. The van der Waals surface area contributed by atoms with Gasteiger partial charge < -0.3 is 0 Å². The number of benzene rings is 6. The van der Waals surface area contributed by atoms with E-state index in [0.717, 1.165) is 22.3 Å². The summed E-state index contributed by atoms with van der Waals surface area (Å²) in [5.74, 6) is 0.679. The topological polar surface area (TPSA) is 30.7 Å². The highest BCUT2D eigenvalue weighted by atomic mass is 28.3. The molecule has 0 fully saturated rings. The average Bonchev–Trinajstić information content (AvgIpc) is 3.59. The first-order chi connectivity index (χ1) is 21.8. The zero-order chi connectivity index (χ0) is 29.1. The molecule has 2 aromatic heterocycles. The minimum atomic E-state index is -2.59. The van der Waals surface area contributed by atoms with Crippen LogP contribution in [0.1, 0.15) is 0 Å². The third-order valence-corrected chi connectivity index (χ3v) is 14.0. The molecule has 8 aromatic rings. The third-order valence-electron chi connectivity index (χ3n) is 9.16. The Labute approximate surface area is 256 Å². The first-order valence-electron chi connectivity index (χ1n) is 15.0. The molecule has 0 radical (unpaired) electrons. The molecule has 9 rings (SSSR count). The number of hydrogen-bond donors (Lipinski definition) is 0. The summed E-state index contributed by atoms with van der Waals surface area (Å²) in [5.41, 5.74) is 6.84. The van der Waals surface area contributed by atoms with Crippen molar-refractivity contribution in [1.29, 1.82) is 0 Å². The minimum Gasteiger partial charge on any atom is -0.278 e. The summed E-state index contributed by atoms with van der Waals surface area (Å²) in [6.45, 7) is 0. The Hall–Kier alpha value is -5.58. The van der Waals surface area contributed by atoms with Crippen molar-refractivity contribution in [2.45, 2.75) is 0 Å². The molecule has 1 aliphatic heterocycles. The van der Waals surface area contributed by atoms with Gasteiger partial charge in [-0.15, -0.1) is 0 Å². The SMILES string of the molecule is c1ccc(-c2ccnc(-n3c4ccccc4c4cc5c(cc43)-c3ccccc3[Si]5(c3ccccc3)c3ccccc3)n2)cc1. The quantitative estimate of drug-likeness (QED) is 0.221. The van der Waals surface area contributed by atoms with E-state index in [9.17, 15) is 0 Å². The molecule has 0 amide bonds. The van der Waals surface area contributed by atoms with Gasteiger partial charge in [-0.2, -0.15) is 0 Å². The van der Waals surface area contributed by atoms with Crippen LogP contribution in [-0.4, -0.2) is 22.6 Å². The molecule has 0 unspecified atom stereocenters. The molecule has 1 aliphatic rings. The second-order valence-electron chi connectivity index (χ2n) is 11.4. The summed E-state index contributed by atoms with van der Waals surface area (Å²) in [7, 11) is -2.59. The Bertz CT molecular complexity index is 2290. The van der Waals surface area contributed by atoms with Gasteiger partial charge in [-0.25, -0.2) is 9.97 Å². The van der Waals surface area contributed by atoms with Crippen LogP contribution in [0.4, 0.5) is 0 Å². The van der Waals surface area contributed by atoms with Crippen LogP contribution in [0.2, 0.25) is 0 Å². The largest absolute Gasteiger partial charge is 0.278 e. The zero-order valence-electron chi connectivity index (χ0n) is 23.9. The van der Waals surface area contributed by atoms with Gasteiger partial charge in [0.1, 0.15) is 0 Å². The minimum absolute atomic E-state index is 0.679. The van der Waals surface area contributed by atoms with Crippen molar-refractivity contribution in [3.63, 3.8) is 0 Å². The van der Waals surface area contributed by atoms with Crippen LogP contribution < -0.4 is 20.7 Å². The molecule has 206 valence electrons. The maximum Gasteiger partial charge on any atom is 0.235 e. The van der Waals surface area contributed by atoms with E-state index in [0.29, 0.717) is 5.95 Å². The van der Waals surface area contributed by atoms with Crippen molar-refractivity contribution in [1.82, 2.24) is 14.5 Å². The Morgan fingerprint density at radius 3 is 1.86 bits per heavy atom. The molecular formula is C40H27N3Si. The van der Waals surface area contributed by atoms with Crippen molar-refractivity contribution in [3.8, 4) is 28.3 Å². The van der Waals surface area contributed by atoms with Gasteiger partial charge in [0.2, 0.25) is 5.95 Å². The molecule has 4 heteroatoms. The van der Waals surface area contributed by atoms with Crippen molar-refractivity contribution in [2.75, 3.05) is 0 Å². The lowest BCUT2D eigenvalue weighted by Crippen LogP contribution is -2.72. The number of aromatic nitrogens is 3. The lowest BCUT2D eigenvalue weighted by Gasteiger charge is -2.31. The lowest BCUT2D eigenvalue weighted by molar-refractivity contribution is 0.992. The Balaban J connectivity index is 1.40. The first-order valence-corrected chi connectivity index (χ1v) is 17.0. The summed E-state index contributed by atoms with van der Waals surface area (Å²) < 4.78 is 2.24. The number of rotatable bonds is 4. The van der Waals surface area contributed by atoms with Crippen molar-refractivity contribution >= 4 is 50.6 Å². The van der Waals surface area contributed by atoms with Gasteiger partial charge in [-0.05, 0) is 50.1 Å². The summed E-state index contributed by atoms with van der Waals surface area (Å²) in [4.78, 5) is 9.94. The lowest BCUT2D eigenvalue weighted by atomic mass is 10.0. The van der Waals surface area contributed by atoms with E-state index in [2.05, 4.69) is 138 Å². The van der Waals surface area contributed by atoms with Crippen molar-refractivity contribution in [3.05, 3.63) is 164 Å². The van der Waals surface area contributed by atoms with Crippen LogP contribution >= 0.6 is 0 Å². The zero-order valence-corrected chi connectivity index (χ0v) is 24.9. The van der Waals surface area contributed by atoms with Gasteiger partial charge in [0.15, 0.2) is 8.07 Å². The molecule has 6 aromatic carbocycles. The first kappa shape index (κ1) is 25.0. The van der Waals surface area contributed by atoms with Gasteiger partial charge in [-0.3, -0.25) is 4.57 Å². The Kier molecular flexibility index (Phi) is 5.52. The van der Waals surface area contributed by atoms with E-state index >= 15 is 0 Å². The van der Waals surface area contributed by atoms with Gasteiger partial charge in [0.05, 0.1) is 16.7 Å². The predicted molar refractivity (Wildman–Crippen MR) is 184 cm³/mol. The molecule has 3 heterocycles. The van der Waals surface area contributed by atoms with E-state index in [1.54, 1.807) is 0 Å². The standard InChI is InChI=1S/C40H27N3Si/c1-4-14-28(15-5-1)35-24-25-41-40(42-35)43-36-22-12-10-20-31(36)33-27-39-34(26-37(33)43)32-21-11-13-23-38(32)44(39,29-16-6-2-7-17-29)30-18-8-3-9-19-30/h1-27H. The fraction of sp³-hybridized carbons (Fsp3) is 0. The Morgan fingerprint density at radius 2 is 1.11 bits per heavy atom. The van der Waals surface area contributed by atoms with E-state index in [1.807, 2.05) is 30.5 Å². The molecule has 0 atom stereocenters. The van der Waals surface area contributed by atoms with E-state index in [-0.39, 0.29) is 0 Å². The Morgan fingerprint density at radius 1 is 0.477 bits per heavy atom. The van der Waals surface area contributed by atoms with Crippen LogP contribution in [0.25, 0.3) is 50.1 Å². The highest BCUT2D eigenvalue weighted by molar-refractivity contribution is 7.22. The molecule has 0 N–H and O–H groups in total. The number of hydrogen-bond acceptors (Lipinski definition) is 2. The molecule has 0 spiro atoms. The van der Waals surface area contributed by atoms with Crippen LogP contribution in [0.15, 0.2) is 164 Å². The number of fused-ring (bicyclic) bond motifs is 6. The number of para-hydroxylation sites is 1. The van der Waals surface area contributed by atoms with Crippen LogP contribution in [0.3, 0.4) is 0 Å². The molecule has 3 nitrogen and oxygen atoms in total. The second-order valence-corrected chi connectivity index (χ2v) is 15.1. The number of nitrogens with zero attached hydrogens (tertiary/aromatic N) is 3. The van der Waals surface area contributed by atoms with Crippen LogP contribution in [0.5, 0.6) is 0 Å². The summed E-state index contributed by atoms with van der Waals surface area (Å²) >= 11 is 0. The van der Waals surface area contributed by atoms with Gasteiger partial charge in [-0.1, -0.05) is 140 Å². The highest BCUT2D eigenvalue weighted by Gasteiger charge is 2.48. The normalized spacial score (nSPS) is 13.2. The van der Waals surface area contributed by atoms with E-state index < -0.39 is 8.07 Å². The molecule has 0 saturated carbocycles.